The monoisotopic (exact) mass is 314 g/mol. The van der Waals surface area contributed by atoms with Crippen molar-refractivity contribution in [3.05, 3.63) is 65.5 Å². The fraction of sp³-hybridized carbons (Fsp3) is 0.429. The third kappa shape index (κ3) is 5.38. The molecule has 23 heavy (non-hydrogen) atoms. The number of halogens is 1. The SMILES string of the molecule is CC(C)(C)CC(C)(C)c1ccc(OCc2ccc(F)cc2)cc1. The van der Waals surface area contributed by atoms with Crippen LogP contribution in [-0.2, 0) is 12.0 Å². The number of rotatable bonds is 5. The summed E-state index contributed by atoms with van der Waals surface area (Å²) >= 11 is 0. The molecule has 0 N–H and O–H groups in total. The molecule has 0 amide bonds. The van der Waals surface area contributed by atoms with Gasteiger partial charge in [0.15, 0.2) is 0 Å². The first-order valence-corrected chi connectivity index (χ1v) is 8.14. The van der Waals surface area contributed by atoms with E-state index in [0.717, 1.165) is 17.7 Å². The molecule has 0 aliphatic heterocycles. The van der Waals surface area contributed by atoms with Gasteiger partial charge in [0.05, 0.1) is 0 Å². The zero-order valence-corrected chi connectivity index (χ0v) is 14.8. The zero-order valence-electron chi connectivity index (χ0n) is 14.8. The molecule has 0 atom stereocenters. The molecule has 2 aromatic rings. The van der Waals surface area contributed by atoms with E-state index in [1.165, 1.54) is 17.7 Å². The average molecular weight is 314 g/mol. The van der Waals surface area contributed by atoms with Crippen LogP contribution < -0.4 is 4.74 Å². The van der Waals surface area contributed by atoms with Crippen molar-refractivity contribution in [3.63, 3.8) is 0 Å². The van der Waals surface area contributed by atoms with Crippen LogP contribution in [-0.4, -0.2) is 0 Å². The van der Waals surface area contributed by atoms with Crippen molar-refractivity contribution in [1.29, 1.82) is 0 Å². The van der Waals surface area contributed by atoms with Gasteiger partial charge in [-0.25, -0.2) is 4.39 Å². The van der Waals surface area contributed by atoms with Crippen LogP contribution in [0.25, 0.3) is 0 Å². The van der Waals surface area contributed by atoms with Crippen molar-refractivity contribution in [2.45, 2.75) is 53.1 Å². The van der Waals surface area contributed by atoms with Crippen molar-refractivity contribution in [2.24, 2.45) is 5.41 Å². The van der Waals surface area contributed by atoms with Crippen molar-refractivity contribution in [1.82, 2.24) is 0 Å². The quantitative estimate of drug-likeness (QED) is 0.646. The third-order valence-corrected chi connectivity index (χ3v) is 3.93. The Morgan fingerprint density at radius 3 is 1.91 bits per heavy atom. The van der Waals surface area contributed by atoms with Crippen LogP contribution in [0.1, 0.15) is 52.2 Å². The molecule has 0 bridgehead atoms. The van der Waals surface area contributed by atoms with E-state index in [0.29, 0.717) is 12.0 Å². The minimum absolute atomic E-state index is 0.133. The molecule has 0 aliphatic carbocycles. The summed E-state index contributed by atoms with van der Waals surface area (Å²) in [6, 6.07) is 14.7. The molecule has 0 saturated heterocycles. The molecule has 0 aromatic heterocycles. The highest BCUT2D eigenvalue weighted by Gasteiger charge is 2.27. The van der Waals surface area contributed by atoms with Gasteiger partial charge >= 0.3 is 0 Å². The van der Waals surface area contributed by atoms with Gasteiger partial charge in [0.25, 0.3) is 0 Å². The minimum atomic E-state index is -0.223. The van der Waals surface area contributed by atoms with Gasteiger partial charge in [0, 0.05) is 0 Å². The van der Waals surface area contributed by atoms with E-state index in [-0.39, 0.29) is 11.2 Å². The fourth-order valence-corrected chi connectivity index (χ4v) is 3.18. The second-order valence-electron chi connectivity index (χ2n) is 8.06. The molecule has 2 aromatic carbocycles. The molecular formula is C21H27FO. The first kappa shape index (κ1) is 17.5. The molecule has 2 heteroatoms. The summed E-state index contributed by atoms with van der Waals surface area (Å²) in [4.78, 5) is 0. The van der Waals surface area contributed by atoms with Crippen molar-refractivity contribution in [3.8, 4) is 5.75 Å². The van der Waals surface area contributed by atoms with Gasteiger partial charge in [-0.05, 0) is 52.6 Å². The summed E-state index contributed by atoms with van der Waals surface area (Å²) in [5, 5.41) is 0. The van der Waals surface area contributed by atoms with Crippen LogP contribution in [0, 0.1) is 11.2 Å². The first-order chi connectivity index (χ1) is 10.7. The standard InChI is InChI=1S/C21H27FO/c1-20(2,3)15-21(4,5)17-8-12-19(13-9-17)23-14-16-6-10-18(22)11-7-16/h6-13H,14-15H2,1-5H3. The molecule has 0 spiro atoms. The summed E-state index contributed by atoms with van der Waals surface area (Å²) in [6.45, 7) is 11.8. The Labute approximate surface area is 139 Å². The van der Waals surface area contributed by atoms with E-state index in [4.69, 9.17) is 4.74 Å². The lowest BCUT2D eigenvalue weighted by Crippen LogP contribution is -2.24. The highest BCUT2D eigenvalue weighted by Crippen LogP contribution is 2.36. The maximum absolute atomic E-state index is 12.9. The Balaban J connectivity index is 2.00. The average Bonchev–Trinajstić information content (AvgIpc) is 2.45. The highest BCUT2D eigenvalue weighted by atomic mass is 19.1. The fourth-order valence-electron chi connectivity index (χ4n) is 3.18. The predicted molar refractivity (Wildman–Crippen MR) is 94.3 cm³/mol. The van der Waals surface area contributed by atoms with Gasteiger partial charge in [0.1, 0.15) is 18.2 Å². The summed E-state index contributed by atoms with van der Waals surface area (Å²) < 4.78 is 18.7. The lowest BCUT2D eigenvalue weighted by Gasteiger charge is -2.33. The zero-order chi connectivity index (χ0) is 17.1. The maximum atomic E-state index is 12.9. The predicted octanol–water partition coefficient (Wildman–Crippen LogP) is 6.12. The third-order valence-electron chi connectivity index (χ3n) is 3.93. The Kier molecular flexibility index (Phi) is 5.13. The Bertz CT molecular complexity index is 618. The molecule has 2 rings (SSSR count). The topological polar surface area (TPSA) is 9.23 Å². The van der Waals surface area contributed by atoms with Crippen LogP contribution >= 0.6 is 0 Å². The highest BCUT2D eigenvalue weighted by molar-refractivity contribution is 5.32. The van der Waals surface area contributed by atoms with E-state index in [9.17, 15) is 4.39 Å². The molecule has 0 saturated carbocycles. The van der Waals surface area contributed by atoms with Crippen LogP contribution in [0.5, 0.6) is 5.75 Å². The van der Waals surface area contributed by atoms with Gasteiger partial charge in [-0.1, -0.05) is 58.9 Å². The normalized spacial score (nSPS) is 12.3. The molecular weight excluding hydrogens is 287 g/mol. The van der Waals surface area contributed by atoms with Crippen LogP contribution in [0.4, 0.5) is 4.39 Å². The molecule has 0 radical (unpaired) electrons. The van der Waals surface area contributed by atoms with Gasteiger partial charge in [-0.3, -0.25) is 0 Å². The van der Waals surface area contributed by atoms with Crippen LogP contribution in [0.3, 0.4) is 0 Å². The second kappa shape index (κ2) is 6.74. The number of hydrogen-bond donors (Lipinski definition) is 0. The molecule has 1 nitrogen and oxygen atoms in total. The summed E-state index contributed by atoms with van der Waals surface area (Å²) in [7, 11) is 0. The molecule has 0 fully saturated rings. The van der Waals surface area contributed by atoms with Crippen molar-refractivity contribution < 1.29 is 9.13 Å². The van der Waals surface area contributed by atoms with E-state index < -0.39 is 0 Å². The van der Waals surface area contributed by atoms with Gasteiger partial charge in [0.2, 0.25) is 0 Å². The van der Waals surface area contributed by atoms with Crippen molar-refractivity contribution in [2.75, 3.05) is 0 Å². The van der Waals surface area contributed by atoms with E-state index in [1.54, 1.807) is 12.1 Å². The summed E-state index contributed by atoms with van der Waals surface area (Å²) in [5.74, 6) is 0.615. The first-order valence-electron chi connectivity index (χ1n) is 8.14. The minimum Gasteiger partial charge on any atom is -0.489 e. The van der Waals surface area contributed by atoms with Crippen LogP contribution in [0.2, 0.25) is 0 Å². The number of benzene rings is 2. The lowest BCUT2D eigenvalue weighted by molar-refractivity contribution is 0.283. The Hall–Kier alpha value is -1.83. The van der Waals surface area contributed by atoms with E-state index in [2.05, 4.69) is 46.8 Å². The molecule has 124 valence electrons. The molecule has 0 heterocycles. The second-order valence-corrected chi connectivity index (χ2v) is 8.06. The molecule has 0 aliphatic rings. The summed E-state index contributed by atoms with van der Waals surface area (Å²) in [6.07, 6.45) is 1.12. The lowest BCUT2D eigenvalue weighted by atomic mass is 9.72. The van der Waals surface area contributed by atoms with Crippen LogP contribution in [0.15, 0.2) is 48.5 Å². The maximum Gasteiger partial charge on any atom is 0.123 e. The number of hydrogen-bond acceptors (Lipinski definition) is 1. The Morgan fingerprint density at radius 1 is 0.826 bits per heavy atom. The smallest absolute Gasteiger partial charge is 0.123 e. The summed E-state index contributed by atoms with van der Waals surface area (Å²) in [5.41, 5.74) is 2.71. The van der Waals surface area contributed by atoms with Gasteiger partial charge in [-0.15, -0.1) is 0 Å². The van der Waals surface area contributed by atoms with Gasteiger partial charge < -0.3 is 4.74 Å². The van der Waals surface area contributed by atoms with Crippen molar-refractivity contribution >= 4 is 0 Å². The number of ether oxygens (including phenoxy) is 1. The molecule has 0 unspecified atom stereocenters. The van der Waals surface area contributed by atoms with E-state index in [1.807, 2.05) is 12.1 Å². The van der Waals surface area contributed by atoms with Gasteiger partial charge in [-0.2, -0.15) is 0 Å². The Morgan fingerprint density at radius 2 is 1.39 bits per heavy atom. The van der Waals surface area contributed by atoms with E-state index >= 15 is 0 Å². The largest absolute Gasteiger partial charge is 0.489 e.